The Morgan fingerprint density at radius 1 is 0.821 bits per heavy atom. The summed E-state index contributed by atoms with van der Waals surface area (Å²) in [6, 6.07) is 31.2. The molecule has 0 bridgehead atoms. The maximum atomic E-state index is 4.41. The van der Waals surface area contributed by atoms with E-state index in [0.717, 1.165) is 24.9 Å². The molecule has 0 aliphatic carbocycles. The monoisotopic (exact) mass is 561 g/mol. The fraction of sp³-hybridized carbons (Fsp3) is 0. The maximum absolute atomic E-state index is 4.41. The number of imidazole rings is 1. The quantitative estimate of drug-likeness (QED) is 0.259. The van der Waals surface area contributed by atoms with E-state index in [2.05, 4.69) is 57.1 Å². The third-order valence-corrected chi connectivity index (χ3v) is 5.04. The van der Waals surface area contributed by atoms with Crippen LogP contribution in [0, 0.1) is 6.07 Å². The predicted octanol–water partition coefficient (Wildman–Crippen LogP) is 5.72. The van der Waals surface area contributed by atoms with Gasteiger partial charge in [0.05, 0.1) is 19.2 Å². The third kappa shape index (κ3) is 5.01. The van der Waals surface area contributed by atoms with Crippen LogP contribution in [0.2, 0.25) is 0 Å². The SMILES string of the molecule is [Pt+2].[c-]1ccccc1-c1cccc[pH+]1.c1ccc(-c2nc3ccccc3[n-]2)nc1. The Morgan fingerprint density at radius 3 is 2.36 bits per heavy atom. The number of para-hydroxylation sites is 2. The van der Waals surface area contributed by atoms with Crippen molar-refractivity contribution in [2.45, 2.75) is 0 Å². The fourth-order valence-corrected chi connectivity index (χ4v) is 3.53. The van der Waals surface area contributed by atoms with E-state index in [-0.39, 0.29) is 21.1 Å². The Balaban J connectivity index is 0.000000159. The summed E-state index contributed by atoms with van der Waals surface area (Å²) in [4.78, 5) is 13.0. The van der Waals surface area contributed by atoms with E-state index in [1.54, 1.807) is 6.20 Å². The summed E-state index contributed by atoms with van der Waals surface area (Å²) in [6.07, 6.45) is 1.75. The van der Waals surface area contributed by atoms with Crippen molar-refractivity contribution in [1.82, 2.24) is 15.0 Å². The molecule has 3 aromatic heterocycles. The largest absolute Gasteiger partial charge is 2.00 e. The number of hydrogen-bond donors (Lipinski definition) is 0. The fourth-order valence-electron chi connectivity index (χ4n) is 2.64. The Labute approximate surface area is 180 Å². The van der Waals surface area contributed by atoms with Crippen molar-refractivity contribution in [1.29, 1.82) is 0 Å². The topological polar surface area (TPSA) is 39.9 Å². The normalized spacial score (nSPS) is 10.1. The van der Waals surface area contributed by atoms with Gasteiger partial charge in [-0.1, -0.05) is 42.5 Å². The first-order valence-electron chi connectivity index (χ1n) is 8.65. The van der Waals surface area contributed by atoms with E-state index in [1.807, 2.05) is 54.6 Å². The molecule has 0 N–H and O–H groups in total. The molecular formula is C23H17N3PPt+. The summed E-state index contributed by atoms with van der Waals surface area (Å²) in [5.74, 6) is 2.88. The average molecular weight is 561 g/mol. The number of rotatable bonds is 2. The summed E-state index contributed by atoms with van der Waals surface area (Å²) < 4.78 is 0. The van der Waals surface area contributed by atoms with Gasteiger partial charge < -0.3 is 9.97 Å². The molecule has 5 aromatic rings. The number of pyridine rings is 1. The van der Waals surface area contributed by atoms with Gasteiger partial charge >= 0.3 is 21.1 Å². The van der Waals surface area contributed by atoms with Crippen LogP contribution >= 0.6 is 8.19 Å². The van der Waals surface area contributed by atoms with Gasteiger partial charge in [0.25, 0.3) is 0 Å². The van der Waals surface area contributed by atoms with E-state index in [0.29, 0.717) is 5.82 Å². The third-order valence-electron chi connectivity index (χ3n) is 3.94. The second-order valence-electron chi connectivity index (χ2n) is 5.80. The van der Waals surface area contributed by atoms with Gasteiger partial charge in [-0.05, 0) is 35.1 Å². The molecular weight excluding hydrogens is 544 g/mol. The Morgan fingerprint density at radius 2 is 1.64 bits per heavy atom. The first-order valence-corrected chi connectivity index (χ1v) is 9.72. The zero-order valence-corrected chi connectivity index (χ0v) is 18.2. The van der Waals surface area contributed by atoms with E-state index in [1.165, 1.54) is 10.9 Å². The van der Waals surface area contributed by atoms with Gasteiger partial charge in [-0.2, -0.15) is 0 Å². The van der Waals surface area contributed by atoms with Gasteiger partial charge in [0.1, 0.15) is 5.80 Å². The van der Waals surface area contributed by atoms with E-state index in [4.69, 9.17) is 0 Å². The molecule has 28 heavy (non-hydrogen) atoms. The van der Waals surface area contributed by atoms with Crippen LogP contribution in [0.1, 0.15) is 0 Å². The Kier molecular flexibility index (Phi) is 7.25. The van der Waals surface area contributed by atoms with Crippen LogP contribution in [0.4, 0.5) is 0 Å². The van der Waals surface area contributed by atoms with Gasteiger partial charge in [-0.15, -0.1) is 35.9 Å². The van der Waals surface area contributed by atoms with Crippen molar-refractivity contribution in [2.24, 2.45) is 0 Å². The predicted molar refractivity (Wildman–Crippen MR) is 113 cm³/mol. The molecule has 3 heterocycles. The second-order valence-corrected chi connectivity index (χ2v) is 6.96. The molecule has 0 fully saturated rings. The van der Waals surface area contributed by atoms with Crippen LogP contribution in [-0.4, -0.2) is 9.97 Å². The summed E-state index contributed by atoms with van der Waals surface area (Å²) >= 11 is 0. The molecule has 5 heteroatoms. The molecule has 0 aliphatic rings. The van der Waals surface area contributed by atoms with Gasteiger partial charge in [-0.25, -0.2) is 0 Å². The minimum atomic E-state index is 0. The number of nitrogens with zero attached hydrogens (tertiary/aromatic N) is 3. The van der Waals surface area contributed by atoms with E-state index in [9.17, 15) is 0 Å². The summed E-state index contributed by atoms with van der Waals surface area (Å²) in [7, 11) is 0.788. The number of benzene rings is 2. The van der Waals surface area contributed by atoms with Crippen molar-refractivity contribution >= 4 is 19.2 Å². The van der Waals surface area contributed by atoms with Gasteiger partial charge in [-0.3, -0.25) is 4.98 Å². The molecule has 1 unspecified atom stereocenters. The van der Waals surface area contributed by atoms with Gasteiger partial charge in [0.15, 0.2) is 0 Å². The van der Waals surface area contributed by atoms with Crippen LogP contribution in [-0.2, 0) is 21.1 Å². The minimum absolute atomic E-state index is 0. The molecule has 3 nitrogen and oxygen atoms in total. The number of fused-ring (bicyclic) bond motifs is 1. The molecule has 0 aliphatic heterocycles. The molecule has 2 aromatic carbocycles. The second kappa shape index (κ2) is 10.1. The molecule has 0 spiro atoms. The van der Waals surface area contributed by atoms with Crippen molar-refractivity contribution in [3.8, 4) is 22.4 Å². The molecule has 5 rings (SSSR count). The van der Waals surface area contributed by atoms with Gasteiger partial charge in [0, 0.05) is 6.20 Å². The summed E-state index contributed by atoms with van der Waals surface area (Å²) in [6.45, 7) is 0. The first kappa shape index (κ1) is 20.1. The maximum Gasteiger partial charge on any atom is 2.00 e. The van der Waals surface area contributed by atoms with Crippen molar-refractivity contribution in [2.75, 3.05) is 0 Å². The smallest absolute Gasteiger partial charge is 0.434 e. The van der Waals surface area contributed by atoms with Crippen LogP contribution in [0.5, 0.6) is 0 Å². The number of aromatic nitrogens is 3. The molecule has 0 saturated heterocycles. The Bertz CT molecular complexity index is 1040. The summed E-state index contributed by atoms with van der Waals surface area (Å²) in [5.41, 5.74) is 3.86. The average Bonchev–Trinajstić information content (AvgIpc) is 3.21. The van der Waals surface area contributed by atoms with E-state index < -0.39 is 0 Å². The van der Waals surface area contributed by atoms with E-state index >= 15 is 0 Å². The Hall–Kier alpha value is -2.60. The van der Waals surface area contributed by atoms with Crippen molar-refractivity contribution in [3.05, 3.63) is 103 Å². The van der Waals surface area contributed by atoms with Crippen LogP contribution in [0.3, 0.4) is 0 Å². The molecule has 138 valence electrons. The van der Waals surface area contributed by atoms with Crippen LogP contribution in [0.25, 0.3) is 33.4 Å². The van der Waals surface area contributed by atoms with Crippen LogP contribution in [0.15, 0.2) is 96.9 Å². The van der Waals surface area contributed by atoms with Crippen molar-refractivity contribution < 1.29 is 21.1 Å². The van der Waals surface area contributed by atoms with Gasteiger partial charge in [0.2, 0.25) is 0 Å². The zero-order valence-electron chi connectivity index (χ0n) is 14.9. The van der Waals surface area contributed by atoms with Crippen molar-refractivity contribution in [3.63, 3.8) is 0 Å². The molecule has 0 radical (unpaired) electrons. The summed E-state index contributed by atoms with van der Waals surface area (Å²) in [5, 5.41) is 1.37. The molecule has 0 amide bonds. The minimum Gasteiger partial charge on any atom is -0.434 e. The first-order chi connectivity index (χ1) is 13.4. The standard InChI is InChI=1S/C12H8N3.C11H8P.Pt/c1-2-6-10-9(5-1)14-12(15-10)11-7-3-4-8-13-11;1-2-6-10(7-3-1)11-8-4-5-9-12-11;/h1-8H;1-6,8-9H;/q2*-1;+2/p+1. The zero-order chi connectivity index (χ0) is 18.3. The molecule has 0 saturated carbocycles. The van der Waals surface area contributed by atoms with Crippen LogP contribution < -0.4 is 4.98 Å². The number of hydrogen-bond acceptors (Lipinski definition) is 2. The molecule has 1 atom stereocenters.